The molecular formula is C4H12N4. The first kappa shape index (κ1) is 5.97. The average molecular weight is 116 g/mol. The van der Waals surface area contributed by atoms with E-state index in [-0.39, 0.29) is 0 Å². The van der Waals surface area contributed by atoms with Gasteiger partial charge in [0.05, 0.1) is 0 Å². The molecule has 0 radical (unpaired) electrons. The lowest BCUT2D eigenvalue weighted by Crippen LogP contribution is -2.51. The molecule has 0 aromatic heterocycles. The molecule has 8 heavy (non-hydrogen) atoms. The highest BCUT2D eigenvalue weighted by molar-refractivity contribution is 4.61. The predicted molar refractivity (Wildman–Crippen MR) is 31.5 cm³/mol. The number of nitrogens with zero attached hydrogens (tertiary/aromatic N) is 2. The Hall–Kier alpha value is -0.160. The van der Waals surface area contributed by atoms with Gasteiger partial charge in [0, 0.05) is 26.2 Å². The zero-order valence-corrected chi connectivity index (χ0v) is 4.88. The van der Waals surface area contributed by atoms with Crippen molar-refractivity contribution in [1.29, 1.82) is 0 Å². The molecule has 0 aromatic rings. The Kier molecular flexibility index (Phi) is 1.80. The van der Waals surface area contributed by atoms with Crippen molar-refractivity contribution in [2.45, 2.75) is 0 Å². The summed E-state index contributed by atoms with van der Waals surface area (Å²) in [5.74, 6) is 10.9. The van der Waals surface area contributed by atoms with Crippen molar-refractivity contribution in [2.75, 3.05) is 26.2 Å². The highest BCUT2D eigenvalue weighted by Gasteiger charge is 2.08. The molecule has 4 nitrogen and oxygen atoms in total. The van der Waals surface area contributed by atoms with Gasteiger partial charge in [0.2, 0.25) is 0 Å². The van der Waals surface area contributed by atoms with Gasteiger partial charge in [0.15, 0.2) is 0 Å². The summed E-state index contributed by atoms with van der Waals surface area (Å²) in [4.78, 5) is 0. The van der Waals surface area contributed by atoms with Gasteiger partial charge in [-0.2, -0.15) is 0 Å². The van der Waals surface area contributed by atoms with E-state index in [1.807, 2.05) is 0 Å². The number of rotatable bonds is 0. The molecule has 1 rings (SSSR count). The summed E-state index contributed by atoms with van der Waals surface area (Å²) in [5.41, 5.74) is 0. The van der Waals surface area contributed by atoms with Crippen molar-refractivity contribution in [3.63, 3.8) is 0 Å². The van der Waals surface area contributed by atoms with Crippen LogP contribution in [0.3, 0.4) is 0 Å². The van der Waals surface area contributed by atoms with Crippen LogP contribution in [0.15, 0.2) is 0 Å². The maximum Gasteiger partial charge on any atom is 0.0271 e. The molecule has 1 saturated heterocycles. The topological polar surface area (TPSA) is 58.5 Å². The van der Waals surface area contributed by atoms with Crippen LogP contribution in [0, 0.1) is 0 Å². The molecule has 0 unspecified atom stereocenters. The van der Waals surface area contributed by atoms with E-state index in [0.717, 1.165) is 26.2 Å². The highest BCUT2D eigenvalue weighted by atomic mass is 15.5. The highest BCUT2D eigenvalue weighted by Crippen LogP contribution is 1.88. The third-order valence-electron chi connectivity index (χ3n) is 1.35. The summed E-state index contributed by atoms with van der Waals surface area (Å²) in [7, 11) is 0. The van der Waals surface area contributed by atoms with Crippen LogP contribution in [0.5, 0.6) is 0 Å². The Morgan fingerprint density at radius 1 is 0.750 bits per heavy atom. The van der Waals surface area contributed by atoms with Gasteiger partial charge >= 0.3 is 0 Å². The van der Waals surface area contributed by atoms with Gasteiger partial charge in [0.25, 0.3) is 0 Å². The minimum atomic E-state index is 0.885. The molecule has 4 heteroatoms. The van der Waals surface area contributed by atoms with Crippen LogP contribution in [-0.2, 0) is 0 Å². The summed E-state index contributed by atoms with van der Waals surface area (Å²) in [5, 5.41) is 3.56. The van der Waals surface area contributed by atoms with Crippen molar-refractivity contribution in [2.24, 2.45) is 11.7 Å². The van der Waals surface area contributed by atoms with Crippen LogP contribution in [0.4, 0.5) is 0 Å². The third kappa shape index (κ3) is 1.41. The molecule has 1 fully saturated rings. The Labute approximate surface area is 49.0 Å². The first-order chi connectivity index (χ1) is 3.79. The molecule has 0 aliphatic carbocycles. The summed E-state index contributed by atoms with van der Waals surface area (Å²) < 4.78 is 0. The smallest absolute Gasteiger partial charge is 0.0271 e. The molecule has 0 aromatic carbocycles. The van der Waals surface area contributed by atoms with Crippen molar-refractivity contribution in [1.82, 2.24) is 10.0 Å². The molecule has 48 valence electrons. The molecule has 1 aliphatic rings. The normalized spacial score (nSPS) is 26.2. The molecule has 1 aliphatic heterocycles. The molecule has 0 spiro atoms. The Bertz CT molecular complexity index is 56.4. The van der Waals surface area contributed by atoms with Gasteiger partial charge in [-0.05, 0) is 0 Å². The van der Waals surface area contributed by atoms with Gasteiger partial charge < -0.3 is 0 Å². The maximum atomic E-state index is 5.45. The SMILES string of the molecule is NN1CCN(N)CC1. The van der Waals surface area contributed by atoms with Crippen molar-refractivity contribution >= 4 is 0 Å². The molecule has 0 saturated carbocycles. The maximum absolute atomic E-state index is 5.45. The number of piperazine rings is 1. The fourth-order valence-corrected chi connectivity index (χ4v) is 0.737. The van der Waals surface area contributed by atoms with Crippen LogP contribution < -0.4 is 11.7 Å². The van der Waals surface area contributed by atoms with Gasteiger partial charge in [-0.3, -0.25) is 11.7 Å². The minimum absolute atomic E-state index is 0.885. The minimum Gasteiger partial charge on any atom is -0.269 e. The third-order valence-corrected chi connectivity index (χ3v) is 1.35. The van der Waals surface area contributed by atoms with E-state index in [2.05, 4.69) is 0 Å². The van der Waals surface area contributed by atoms with E-state index in [9.17, 15) is 0 Å². The van der Waals surface area contributed by atoms with Gasteiger partial charge in [-0.1, -0.05) is 0 Å². The average Bonchev–Trinajstić information content (AvgIpc) is 1.77. The summed E-state index contributed by atoms with van der Waals surface area (Å²) in [6.45, 7) is 3.54. The lowest BCUT2D eigenvalue weighted by Gasteiger charge is -2.28. The predicted octanol–water partition coefficient (Wildman–Crippen LogP) is -1.65. The summed E-state index contributed by atoms with van der Waals surface area (Å²) in [6.07, 6.45) is 0. The Morgan fingerprint density at radius 3 is 1.25 bits per heavy atom. The second kappa shape index (κ2) is 2.41. The van der Waals surface area contributed by atoms with Crippen molar-refractivity contribution in [3.8, 4) is 0 Å². The van der Waals surface area contributed by atoms with Crippen molar-refractivity contribution in [3.05, 3.63) is 0 Å². The van der Waals surface area contributed by atoms with Crippen LogP contribution in [-0.4, -0.2) is 36.2 Å². The monoisotopic (exact) mass is 116 g/mol. The van der Waals surface area contributed by atoms with Gasteiger partial charge in [-0.15, -0.1) is 0 Å². The van der Waals surface area contributed by atoms with Gasteiger partial charge in [-0.25, -0.2) is 10.0 Å². The van der Waals surface area contributed by atoms with Crippen LogP contribution >= 0.6 is 0 Å². The van der Waals surface area contributed by atoms with Crippen LogP contribution in [0.25, 0.3) is 0 Å². The number of nitrogens with two attached hydrogens (primary N) is 2. The largest absolute Gasteiger partial charge is 0.269 e. The van der Waals surface area contributed by atoms with E-state index >= 15 is 0 Å². The second-order valence-electron chi connectivity index (χ2n) is 2.07. The number of hydrogen-bond donors (Lipinski definition) is 2. The molecular weight excluding hydrogens is 104 g/mol. The Balaban J connectivity index is 2.19. The first-order valence-electron chi connectivity index (χ1n) is 2.78. The lowest BCUT2D eigenvalue weighted by molar-refractivity contribution is 0.135. The molecule has 1 heterocycles. The van der Waals surface area contributed by atoms with E-state index in [1.54, 1.807) is 10.0 Å². The zero-order chi connectivity index (χ0) is 5.98. The summed E-state index contributed by atoms with van der Waals surface area (Å²) in [6, 6.07) is 0. The van der Waals surface area contributed by atoms with E-state index < -0.39 is 0 Å². The van der Waals surface area contributed by atoms with Crippen LogP contribution in [0.2, 0.25) is 0 Å². The van der Waals surface area contributed by atoms with E-state index in [0.29, 0.717) is 0 Å². The van der Waals surface area contributed by atoms with E-state index in [1.165, 1.54) is 0 Å². The molecule has 4 N–H and O–H groups in total. The fraction of sp³-hybridized carbons (Fsp3) is 1.00. The van der Waals surface area contributed by atoms with Gasteiger partial charge in [0.1, 0.15) is 0 Å². The molecule has 0 atom stereocenters. The first-order valence-corrected chi connectivity index (χ1v) is 2.78. The number of hydrogen-bond acceptors (Lipinski definition) is 4. The van der Waals surface area contributed by atoms with Crippen LogP contribution in [0.1, 0.15) is 0 Å². The fourth-order valence-electron chi connectivity index (χ4n) is 0.737. The second-order valence-corrected chi connectivity index (χ2v) is 2.07. The molecule has 0 amide bonds. The van der Waals surface area contributed by atoms with Crippen molar-refractivity contribution < 1.29 is 0 Å². The zero-order valence-electron chi connectivity index (χ0n) is 4.88. The Morgan fingerprint density at radius 2 is 1.00 bits per heavy atom. The lowest BCUT2D eigenvalue weighted by atomic mass is 10.4. The standard InChI is InChI=1S/C4H12N4/c5-7-1-2-8(6)4-3-7/h1-6H2. The molecule has 0 bridgehead atoms. The summed E-state index contributed by atoms with van der Waals surface area (Å²) >= 11 is 0. The number of hydrazine groups is 2. The quantitative estimate of drug-likeness (QED) is 0.372. The van der Waals surface area contributed by atoms with E-state index in [4.69, 9.17) is 11.7 Å².